The maximum atomic E-state index is 5.76. The lowest BCUT2D eigenvalue weighted by molar-refractivity contribution is 0.147. The van der Waals surface area contributed by atoms with Crippen LogP contribution < -0.4 is 4.74 Å². The van der Waals surface area contributed by atoms with E-state index >= 15 is 0 Å². The molecule has 1 aliphatic carbocycles. The van der Waals surface area contributed by atoms with Crippen molar-refractivity contribution >= 4 is 0 Å². The molecule has 2 heterocycles. The molecule has 0 saturated heterocycles. The molecule has 0 radical (unpaired) electrons. The van der Waals surface area contributed by atoms with Gasteiger partial charge in [0.25, 0.3) is 0 Å². The van der Waals surface area contributed by atoms with Gasteiger partial charge in [-0.1, -0.05) is 20.8 Å². The topological polar surface area (TPSA) is 27.1 Å². The van der Waals surface area contributed by atoms with Crippen molar-refractivity contribution in [1.29, 1.82) is 0 Å². The third-order valence-electron chi connectivity index (χ3n) is 3.20. The molecule has 1 aromatic heterocycles. The van der Waals surface area contributed by atoms with Gasteiger partial charge in [-0.05, 0) is 19.3 Å². The number of ether oxygens (including phenoxy) is 1. The number of hydrogen-bond donors (Lipinski definition) is 0. The van der Waals surface area contributed by atoms with Gasteiger partial charge in [0.15, 0.2) is 0 Å². The van der Waals surface area contributed by atoms with E-state index in [4.69, 9.17) is 4.74 Å². The summed E-state index contributed by atoms with van der Waals surface area (Å²) in [5.41, 5.74) is 1.71. The van der Waals surface area contributed by atoms with E-state index < -0.39 is 0 Å². The van der Waals surface area contributed by atoms with Crippen LogP contribution in [0.5, 0.6) is 5.88 Å². The zero-order valence-corrected chi connectivity index (χ0v) is 9.92. The van der Waals surface area contributed by atoms with E-state index in [1.54, 1.807) is 0 Å². The summed E-state index contributed by atoms with van der Waals surface area (Å²) >= 11 is 0. The fourth-order valence-electron chi connectivity index (χ4n) is 2.00. The summed E-state index contributed by atoms with van der Waals surface area (Å²) in [7, 11) is 0. The van der Waals surface area contributed by atoms with Gasteiger partial charge in [-0.15, -0.1) is 0 Å². The molecule has 1 fully saturated rings. The Bertz CT molecular complexity index is 339. The summed E-state index contributed by atoms with van der Waals surface area (Å²) in [5, 5.41) is 4.35. The largest absolute Gasteiger partial charge is 0.477 e. The molecule has 0 unspecified atom stereocenters. The average molecular weight is 208 g/mol. The van der Waals surface area contributed by atoms with Crippen LogP contribution in [-0.4, -0.2) is 16.4 Å². The molecule has 0 amide bonds. The molecule has 2 aliphatic rings. The fraction of sp³-hybridized carbons (Fsp3) is 0.750. The molecule has 3 rings (SSSR count). The fourth-order valence-corrected chi connectivity index (χ4v) is 2.00. The van der Waals surface area contributed by atoms with E-state index in [2.05, 4.69) is 12.0 Å². The molecule has 3 heteroatoms. The summed E-state index contributed by atoms with van der Waals surface area (Å²) in [6.45, 7) is 8.12. The van der Waals surface area contributed by atoms with Gasteiger partial charge >= 0.3 is 0 Å². The van der Waals surface area contributed by atoms with Crippen molar-refractivity contribution in [1.82, 2.24) is 9.78 Å². The molecule has 1 aromatic rings. The first-order valence-electron chi connectivity index (χ1n) is 6.00. The summed E-state index contributed by atoms with van der Waals surface area (Å²) in [6, 6.07) is 0. The van der Waals surface area contributed by atoms with Gasteiger partial charge < -0.3 is 4.74 Å². The molecular formula is C12H20N2O. The van der Waals surface area contributed by atoms with E-state index in [0.29, 0.717) is 5.41 Å². The zero-order valence-electron chi connectivity index (χ0n) is 9.92. The maximum absolute atomic E-state index is 5.76. The van der Waals surface area contributed by atoms with Crippen molar-refractivity contribution in [2.24, 2.45) is 5.41 Å². The third kappa shape index (κ3) is 1.75. The van der Waals surface area contributed by atoms with Crippen molar-refractivity contribution in [3.05, 3.63) is 11.8 Å². The minimum atomic E-state index is 0.462. The average Bonchev–Trinajstić information content (AvgIpc) is 2.92. The van der Waals surface area contributed by atoms with Crippen molar-refractivity contribution in [2.75, 3.05) is 6.61 Å². The first-order chi connectivity index (χ1) is 7.33. The highest BCUT2D eigenvalue weighted by Crippen LogP contribution is 2.50. The van der Waals surface area contributed by atoms with E-state index in [0.717, 1.165) is 25.5 Å². The molecule has 84 valence electrons. The minimum Gasteiger partial charge on any atom is -0.477 e. The Morgan fingerprint density at radius 1 is 1.47 bits per heavy atom. The number of aryl methyl sites for hydroxylation is 1. The van der Waals surface area contributed by atoms with E-state index in [1.165, 1.54) is 18.4 Å². The first-order valence-corrected chi connectivity index (χ1v) is 6.00. The maximum Gasteiger partial charge on any atom is 0.215 e. The normalized spacial score (nSPS) is 19.9. The molecule has 1 saturated carbocycles. The zero-order chi connectivity index (χ0) is 10.9. The van der Waals surface area contributed by atoms with Crippen LogP contribution in [0.4, 0.5) is 0 Å². The van der Waals surface area contributed by atoms with Crippen molar-refractivity contribution < 1.29 is 4.74 Å². The second-order valence-electron chi connectivity index (χ2n) is 4.27. The van der Waals surface area contributed by atoms with E-state index in [-0.39, 0.29) is 0 Å². The van der Waals surface area contributed by atoms with Gasteiger partial charge in [-0.2, -0.15) is 5.10 Å². The Morgan fingerprint density at radius 2 is 2.20 bits per heavy atom. The molecule has 1 aliphatic heterocycles. The number of rotatable bonds is 1. The highest BCUT2D eigenvalue weighted by molar-refractivity contribution is 5.26. The third-order valence-corrected chi connectivity index (χ3v) is 3.20. The lowest BCUT2D eigenvalue weighted by Gasteiger charge is -2.24. The first kappa shape index (κ1) is 10.5. The van der Waals surface area contributed by atoms with Crippen LogP contribution in [0.1, 0.15) is 39.2 Å². The SMILES string of the molecule is CC.CCc1cnn2c1OCC1(CC1)C2. The Hall–Kier alpha value is -0.990. The predicted molar refractivity (Wildman–Crippen MR) is 60.1 cm³/mol. The molecule has 0 N–H and O–H groups in total. The summed E-state index contributed by atoms with van der Waals surface area (Å²) in [4.78, 5) is 0. The molecular weight excluding hydrogens is 188 g/mol. The van der Waals surface area contributed by atoms with Gasteiger partial charge in [-0.3, -0.25) is 0 Å². The van der Waals surface area contributed by atoms with Crippen LogP contribution in [0.3, 0.4) is 0 Å². The lowest BCUT2D eigenvalue weighted by Crippen LogP contribution is -2.27. The summed E-state index contributed by atoms with van der Waals surface area (Å²) in [5.74, 6) is 1.01. The van der Waals surface area contributed by atoms with Crippen LogP contribution in [0, 0.1) is 5.41 Å². The number of nitrogens with zero attached hydrogens (tertiary/aromatic N) is 2. The van der Waals surface area contributed by atoms with Crippen LogP contribution in [-0.2, 0) is 13.0 Å². The van der Waals surface area contributed by atoms with Gasteiger partial charge in [0.05, 0.1) is 19.3 Å². The van der Waals surface area contributed by atoms with Crippen LogP contribution in [0.25, 0.3) is 0 Å². The Balaban J connectivity index is 0.000000404. The smallest absolute Gasteiger partial charge is 0.215 e. The highest BCUT2D eigenvalue weighted by atomic mass is 16.5. The Labute approximate surface area is 91.4 Å². The van der Waals surface area contributed by atoms with Crippen molar-refractivity contribution in [2.45, 2.75) is 46.6 Å². The standard InChI is InChI=1S/C10H14N2O.C2H6/c1-2-8-5-11-12-6-10(3-4-10)7-13-9(8)12;1-2/h5H,2-4,6-7H2,1H3;1-2H3. The van der Waals surface area contributed by atoms with Crippen molar-refractivity contribution in [3.8, 4) is 5.88 Å². The second kappa shape index (κ2) is 3.87. The Kier molecular flexibility index (Phi) is 2.72. The van der Waals surface area contributed by atoms with Gasteiger partial charge in [-0.25, -0.2) is 4.68 Å². The number of aromatic nitrogens is 2. The second-order valence-corrected chi connectivity index (χ2v) is 4.27. The van der Waals surface area contributed by atoms with Crippen molar-refractivity contribution in [3.63, 3.8) is 0 Å². The quantitative estimate of drug-likeness (QED) is 0.709. The molecule has 1 spiro atoms. The monoisotopic (exact) mass is 208 g/mol. The van der Waals surface area contributed by atoms with Crippen LogP contribution >= 0.6 is 0 Å². The summed E-state index contributed by atoms with van der Waals surface area (Å²) < 4.78 is 7.80. The highest BCUT2D eigenvalue weighted by Gasteiger charge is 2.47. The molecule has 3 nitrogen and oxygen atoms in total. The van der Waals surface area contributed by atoms with E-state index in [9.17, 15) is 0 Å². The van der Waals surface area contributed by atoms with Crippen LogP contribution in [0.15, 0.2) is 6.20 Å². The summed E-state index contributed by atoms with van der Waals surface area (Å²) in [6.07, 6.45) is 5.58. The predicted octanol–water partition coefficient (Wildman–Crippen LogP) is 2.64. The molecule has 0 aromatic carbocycles. The van der Waals surface area contributed by atoms with Gasteiger partial charge in [0, 0.05) is 11.0 Å². The van der Waals surface area contributed by atoms with Crippen LogP contribution in [0.2, 0.25) is 0 Å². The molecule has 0 atom stereocenters. The van der Waals surface area contributed by atoms with E-state index in [1.807, 2.05) is 24.7 Å². The van der Waals surface area contributed by atoms with Gasteiger partial charge in [0.1, 0.15) is 0 Å². The lowest BCUT2D eigenvalue weighted by atomic mass is 10.1. The number of fused-ring (bicyclic) bond motifs is 1. The minimum absolute atomic E-state index is 0.462. The van der Waals surface area contributed by atoms with Gasteiger partial charge in [0.2, 0.25) is 5.88 Å². The molecule has 0 bridgehead atoms. The Morgan fingerprint density at radius 3 is 2.80 bits per heavy atom. The number of hydrogen-bond acceptors (Lipinski definition) is 2. The molecule has 15 heavy (non-hydrogen) atoms.